The summed E-state index contributed by atoms with van der Waals surface area (Å²) in [6, 6.07) is 0. The van der Waals surface area contributed by atoms with Gasteiger partial charge in [0.2, 0.25) is 0 Å². The summed E-state index contributed by atoms with van der Waals surface area (Å²) in [6.45, 7) is 1.54. The highest BCUT2D eigenvalue weighted by molar-refractivity contribution is 5.85. The summed E-state index contributed by atoms with van der Waals surface area (Å²) < 4.78 is 4.97. The van der Waals surface area contributed by atoms with E-state index in [0.717, 1.165) is 6.54 Å². The van der Waals surface area contributed by atoms with Crippen LogP contribution in [0.5, 0.6) is 0 Å². The van der Waals surface area contributed by atoms with E-state index >= 15 is 0 Å². The average Bonchev–Trinajstić information content (AvgIpc) is 2.77. The van der Waals surface area contributed by atoms with Gasteiger partial charge < -0.3 is 4.74 Å². The second-order valence-electron chi connectivity index (χ2n) is 3.53. The zero-order chi connectivity index (χ0) is 7.73. The van der Waals surface area contributed by atoms with Crippen LogP contribution in [0.25, 0.3) is 0 Å². The quantitative estimate of drug-likeness (QED) is 0.664. The number of halogens is 1. The summed E-state index contributed by atoms with van der Waals surface area (Å²) in [5.74, 6) is 0. The SMILES string of the molecule is Cl.O=COC1NCCCC12CC2. The van der Waals surface area contributed by atoms with Crippen molar-refractivity contribution in [3.63, 3.8) is 0 Å². The second-order valence-corrected chi connectivity index (χ2v) is 3.53. The van der Waals surface area contributed by atoms with Gasteiger partial charge in [0.25, 0.3) is 6.47 Å². The number of rotatable bonds is 2. The third-order valence-corrected chi connectivity index (χ3v) is 2.82. The van der Waals surface area contributed by atoms with Gasteiger partial charge in [-0.05, 0) is 32.2 Å². The predicted octanol–water partition coefficient (Wildman–Crippen LogP) is 1.07. The van der Waals surface area contributed by atoms with Crippen LogP contribution in [-0.4, -0.2) is 19.2 Å². The Hall–Kier alpha value is -0.280. The first-order chi connectivity index (χ1) is 5.37. The van der Waals surface area contributed by atoms with Gasteiger partial charge in [-0.3, -0.25) is 10.1 Å². The Balaban J connectivity index is 0.000000720. The fraction of sp³-hybridized carbons (Fsp3) is 0.875. The standard InChI is InChI=1S/C8H13NO2.ClH/c10-6-11-7-8(3-4-8)2-1-5-9-7;/h6-7,9H,1-5H2;1H. The van der Waals surface area contributed by atoms with E-state index in [-0.39, 0.29) is 18.6 Å². The molecule has 1 saturated carbocycles. The summed E-state index contributed by atoms with van der Waals surface area (Å²) >= 11 is 0. The van der Waals surface area contributed by atoms with Crippen molar-refractivity contribution in [1.82, 2.24) is 5.32 Å². The molecule has 2 fully saturated rings. The van der Waals surface area contributed by atoms with Gasteiger partial charge in [0, 0.05) is 5.41 Å². The maximum Gasteiger partial charge on any atom is 0.294 e. The lowest BCUT2D eigenvalue weighted by Crippen LogP contribution is -2.44. The van der Waals surface area contributed by atoms with Crippen LogP contribution < -0.4 is 5.32 Å². The van der Waals surface area contributed by atoms with Crippen molar-refractivity contribution in [3.05, 3.63) is 0 Å². The monoisotopic (exact) mass is 191 g/mol. The lowest BCUT2D eigenvalue weighted by atomic mass is 9.94. The smallest absolute Gasteiger partial charge is 0.294 e. The van der Waals surface area contributed by atoms with Crippen LogP contribution in [0.1, 0.15) is 25.7 Å². The van der Waals surface area contributed by atoms with Crippen molar-refractivity contribution in [2.45, 2.75) is 31.9 Å². The molecule has 0 radical (unpaired) electrons. The van der Waals surface area contributed by atoms with E-state index in [1.54, 1.807) is 0 Å². The van der Waals surface area contributed by atoms with Crippen LogP contribution in [0.3, 0.4) is 0 Å². The van der Waals surface area contributed by atoms with Gasteiger partial charge in [-0.1, -0.05) is 0 Å². The fourth-order valence-corrected chi connectivity index (χ4v) is 1.94. The van der Waals surface area contributed by atoms with E-state index < -0.39 is 0 Å². The van der Waals surface area contributed by atoms with E-state index in [0.29, 0.717) is 11.9 Å². The van der Waals surface area contributed by atoms with Crippen LogP contribution in [0.15, 0.2) is 0 Å². The van der Waals surface area contributed by atoms with Crippen LogP contribution >= 0.6 is 12.4 Å². The van der Waals surface area contributed by atoms with Gasteiger partial charge in [0.05, 0.1) is 0 Å². The van der Waals surface area contributed by atoms with Crippen molar-refractivity contribution in [2.24, 2.45) is 5.41 Å². The molecule has 3 nitrogen and oxygen atoms in total. The first kappa shape index (κ1) is 9.81. The predicted molar refractivity (Wildman–Crippen MR) is 47.1 cm³/mol. The zero-order valence-electron chi connectivity index (χ0n) is 6.91. The minimum absolute atomic E-state index is 0. The van der Waals surface area contributed by atoms with Gasteiger partial charge in [0.1, 0.15) is 0 Å². The number of hydrogen-bond donors (Lipinski definition) is 1. The number of carbonyl (C=O) groups excluding carboxylic acids is 1. The van der Waals surface area contributed by atoms with Gasteiger partial charge in [-0.25, -0.2) is 0 Å². The second kappa shape index (κ2) is 3.62. The van der Waals surface area contributed by atoms with Gasteiger partial charge in [0.15, 0.2) is 6.23 Å². The maximum absolute atomic E-state index is 10.1. The Morgan fingerprint density at radius 3 is 2.75 bits per heavy atom. The largest absolute Gasteiger partial charge is 0.448 e. The van der Waals surface area contributed by atoms with E-state index in [1.807, 2.05) is 0 Å². The Morgan fingerprint density at radius 1 is 1.42 bits per heavy atom. The summed E-state index contributed by atoms with van der Waals surface area (Å²) in [6.07, 6.45) is 4.89. The molecule has 1 N–H and O–H groups in total. The minimum Gasteiger partial charge on any atom is -0.448 e. The Morgan fingerprint density at radius 2 is 2.17 bits per heavy atom. The fourth-order valence-electron chi connectivity index (χ4n) is 1.94. The molecule has 4 heteroatoms. The molecule has 1 saturated heterocycles. The van der Waals surface area contributed by atoms with E-state index in [2.05, 4.69) is 5.32 Å². The molecule has 2 aliphatic rings. The molecule has 0 aromatic rings. The molecule has 0 aromatic heterocycles. The lowest BCUT2D eigenvalue weighted by Gasteiger charge is -2.30. The first-order valence-corrected chi connectivity index (χ1v) is 4.20. The molecule has 1 unspecified atom stereocenters. The van der Waals surface area contributed by atoms with Crippen LogP contribution in [0, 0.1) is 5.41 Å². The summed E-state index contributed by atoms with van der Waals surface area (Å²) in [4.78, 5) is 10.1. The maximum atomic E-state index is 10.1. The topological polar surface area (TPSA) is 38.3 Å². The van der Waals surface area contributed by atoms with Crippen LogP contribution in [0.4, 0.5) is 0 Å². The third-order valence-electron chi connectivity index (χ3n) is 2.82. The van der Waals surface area contributed by atoms with Crippen molar-refractivity contribution in [1.29, 1.82) is 0 Å². The third kappa shape index (κ3) is 1.57. The highest BCUT2D eigenvalue weighted by Gasteiger charge is 2.51. The molecule has 0 bridgehead atoms. The molecule has 2 rings (SSSR count). The minimum atomic E-state index is 0. The molecule has 1 aliphatic heterocycles. The Labute approximate surface area is 78.3 Å². The van der Waals surface area contributed by atoms with E-state index in [1.165, 1.54) is 25.7 Å². The number of ether oxygens (including phenoxy) is 1. The molecule has 12 heavy (non-hydrogen) atoms. The molecular formula is C8H14ClNO2. The molecule has 1 atom stereocenters. The van der Waals surface area contributed by atoms with Crippen LogP contribution in [-0.2, 0) is 9.53 Å². The summed E-state index contributed by atoms with van der Waals surface area (Å²) in [5, 5.41) is 3.22. The molecule has 0 amide bonds. The molecule has 70 valence electrons. The number of hydrogen-bond acceptors (Lipinski definition) is 3. The van der Waals surface area contributed by atoms with E-state index in [4.69, 9.17) is 4.74 Å². The Kier molecular flexibility index (Phi) is 2.96. The van der Waals surface area contributed by atoms with Gasteiger partial charge in [-0.2, -0.15) is 0 Å². The molecule has 1 heterocycles. The normalized spacial score (nSPS) is 30.5. The lowest BCUT2D eigenvalue weighted by molar-refractivity contribution is -0.140. The highest BCUT2D eigenvalue weighted by atomic mass is 35.5. The number of nitrogens with one attached hydrogen (secondary N) is 1. The van der Waals surface area contributed by atoms with Crippen molar-refractivity contribution in [3.8, 4) is 0 Å². The summed E-state index contributed by atoms with van der Waals surface area (Å²) in [5.41, 5.74) is 0.333. The molecular weight excluding hydrogens is 178 g/mol. The van der Waals surface area contributed by atoms with E-state index in [9.17, 15) is 4.79 Å². The Bertz CT molecular complexity index is 170. The first-order valence-electron chi connectivity index (χ1n) is 4.20. The molecule has 1 spiro atoms. The van der Waals surface area contributed by atoms with Gasteiger partial charge >= 0.3 is 0 Å². The summed E-state index contributed by atoms with van der Waals surface area (Å²) in [7, 11) is 0. The van der Waals surface area contributed by atoms with Crippen molar-refractivity contribution < 1.29 is 9.53 Å². The molecule has 0 aromatic carbocycles. The molecule has 1 aliphatic carbocycles. The number of piperidine rings is 1. The van der Waals surface area contributed by atoms with Crippen molar-refractivity contribution >= 4 is 18.9 Å². The zero-order valence-corrected chi connectivity index (χ0v) is 7.73. The average molecular weight is 192 g/mol. The number of carbonyl (C=O) groups is 1. The van der Waals surface area contributed by atoms with Crippen molar-refractivity contribution in [2.75, 3.05) is 6.54 Å². The van der Waals surface area contributed by atoms with Gasteiger partial charge in [-0.15, -0.1) is 12.4 Å². The van der Waals surface area contributed by atoms with Crippen LogP contribution in [0.2, 0.25) is 0 Å². The highest BCUT2D eigenvalue weighted by Crippen LogP contribution is 2.53.